The number of benzene rings is 6. The van der Waals surface area contributed by atoms with Crippen molar-refractivity contribution in [3.8, 4) is 28.4 Å². The molecule has 0 bridgehead atoms. The number of hydrogen-bond donors (Lipinski definition) is 0. The second-order valence-corrected chi connectivity index (χ2v) is 22.1. The topological polar surface area (TPSA) is 33.5 Å². The number of ether oxygens (including phenoxy) is 1. The molecule has 0 N–H and O–H groups in total. The summed E-state index contributed by atoms with van der Waals surface area (Å²) in [7, 11) is 0. The molecular weight excluding hydrogens is 1010 g/mol. The smallest absolute Gasteiger partial charge is 0.135 e. The van der Waals surface area contributed by atoms with E-state index in [0.717, 1.165) is 44.6 Å². The van der Waals surface area contributed by atoms with Crippen LogP contribution in [0, 0.1) is 29.6 Å². The molecule has 2 aromatic heterocycles. The van der Waals surface area contributed by atoms with Crippen LogP contribution < -0.4 is 14.5 Å². The normalized spacial score (nSPS) is 13.8. The zero-order chi connectivity index (χ0) is 47.6. The van der Waals surface area contributed by atoms with E-state index in [1.807, 2.05) is 12.3 Å². The van der Waals surface area contributed by atoms with Gasteiger partial charge in [0.1, 0.15) is 5.82 Å². The van der Waals surface area contributed by atoms with E-state index >= 15 is 0 Å². The van der Waals surface area contributed by atoms with Gasteiger partial charge >= 0.3 is 0 Å². The summed E-state index contributed by atoms with van der Waals surface area (Å²) in [6.07, 6.45) is 1.91. The molecule has 0 spiro atoms. The molecule has 0 aliphatic carbocycles. The summed E-state index contributed by atoms with van der Waals surface area (Å²) in [4.78, 5) is 9.70. The standard InChI is InChI=1S/C62H65N4O.Pt/c1-41(2)50-26-17-18-27-51(50)42-34-47(65-40-64(57(60(6,7)8)58(65)61(9,10)11)46-25-21-24-45(36-46)62(12,13)43-22-15-14-16-23-43)38-49(35-42)67-48-30-31-53-52-28-19-20-29-54(52)66(55(53)39-48)56-37-44(32-33-63-56)59(3,4)5;/h14-37,40-41H,1-13H3;/q-3;. The average molecular weight is 1080 g/mol. The van der Waals surface area contributed by atoms with Crippen LogP contribution in [-0.4, -0.2) is 9.55 Å². The Balaban J connectivity index is 0.00000625. The molecule has 0 amide bonds. The van der Waals surface area contributed by atoms with Crippen LogP contribution in [0.25, 0.3) is 38.8 Å². The summed E-state index contributed by atoms with van der Waals surface area (Å²) in [6, 6.07) is 57.6. The van der Waals surface area contributed by atoms with Crippen LogP contribution in [0.2, 0.25) is 0 Å². The molecule has 0 radical (unpaired) electrons. The van der Waals surface area contributed by atoms with Crippen molar-refractivity contribution in [2.45, 2.75) is 107 Å². The van der Waals surface area contributed by atoms with Crippen LogP contribution in [0.4, 0.5) is 11.4 Å². The quantitative estimate of drug-likeness (QED) is 0.135. The molecule has 0 saturated carbocycles. The van der Waals surface area contributed by atoms with Crippen molar-refractivity contribution in [1.82, 2.24) is 9.55 Å². The first-order valence-corrected chi connectivity index (χ1v) is 23.8. The second-order valence-electron chi connectivity index (χ2n) is 22.1. The van der Waals surface area contributed by atoms with Crippen LogP contribution in [0.1, 0.15) is 118 Å². The first-order chi connectivity index (χ1) is 31.7. The maximum atomic E-state index is 7.02. The summed E-state index contributed by atoms with van der Waals surface area (Å²) in [5.74, 6) is 2.38. The molecule has 3 heterocycles. The van der Waals surface area contributed by atoms with Crippen molar-refractivity contribution >= 4 is 33.2 Å². The first kappa shape index (κ1) is 48.6. The molecule has 0 atom stereocenters. The Hall–Kier alpha value is -5.90. The molecule has 9 rings (SSSR count). The molecule has 68 heavy (non-hydrogen) atoms. The monoisotopic (exact) mass is 1080 g/mol. The van der Waals surface area contributed by atoms with Gasteiger partial charge in [-0.2, -0.15) is 6.07 Å². The molecule has 1 aliphatic heterocycles. The van der Waals surface area contributed by atoms with Gasteiger partial charge in [-0.15, -0.1) is 53.6 Å². The van der Waals surface area contributed by atoms with E-state index < -0.39 is 0 Å². The number of para-hydroxylation sites is 1. The Bertz CT molecular complexity index is 3160. The Morgan fingerprint density at radius 2 is 1.22 bits per heavy atom. The van der Waals surface area contributed by atoms with Crippen LogP contribution >= 0.6 is 0 Å². The van der Waals surface area contributed by atoms with Crippen molar-refractivity contribution < 1.29 is 25.8 Å². The van der Waals surface area contributed by atoms with Crippen LogP contribution in [0.15, 0.2) is 157 Å². The number of fused-ring (bicyclic) bond motifs is 3. The number of hydrogen-bond acceptors (Lipinski definition) is 4. The molecule has 5 nitrogen and oxygen atoms in total. The number of aromatic nitrogens is 2. The van der Waals surface area contributed by atoms with Crippen molar-refractivity contribution in [1.29, 1.82) is 0 Å². The van der Waals surface area contributed by atoms with Gasteiger partial charge in [-0.05, 0) is 74.9 Å². The molecule has 6 heteroatoms. The van der Waals surface area contributed by atoms with Crippen molar-refractivity contribution in [3.05, 3.63) is 198 Å². The predicted octanol–water partition coefficient (Wildman–Crippen LogP) is 16.7. The summed E-state index contributed by atoms with van der Waals surface area (Å²) in [5, 5.41) is 2.23. The Morgan fingerprint density at radius 3 is 1.93 bits per heavy atom. The third-order valence-electron chi connectivity index (χ3n) is 13.3. The Kier molecular flexibility index (Phi) is 13.0. The molecule has 352 valence electrons. The van der Waals surface area contributed by atoms with Gasteiger partial charge < -0.3 is 19.1 Å². The summed E-state index contributed by atoms with van der Waals surface area (Å²) < 4.78 is 9.24. The predicted molar refractivity (Wildman–Crippen MR) is 281 cm³/mol. The third-order valence-corrected chi connectivity index (χ3v) is 13.3. The molecule has 0 fully saturated rings. The average Bonchev–Trinajstić information content (AvgIpc) is 3.87. The number of nitrogens with zero attached hydrogens (tertiary/aromatic N) is 4. The minimum Gasteiger partial charge on any atom is -0.509 e. The van der Waals surface area contributed by atoms with E-state index in [-0.39, 0.29) is 42.7 Å². The van der Waals surface area contributed by atoms with Gasteiger partial charge in [0.2, 0.25) is 0 Å². The molecule has 0 saturated heterocycles. The number of pyridine rings is 1. The van der Waals surface area contributed by atoms with Crippen LogP contribution in [-0.2, 0) is 31.9 Å². The first-order valence-electron chi connectivity index (χ1n) is 23.8. The summed E-state index contributed by atoms with van der Waals surface area (Å²) in [5.41, 5.74) is 13.0. The van der Waals surface area contributed by atoms with E-state index in [1.54, 1.807) is 0 Å². The number of anilines is 2. The number of allylic oxidation sites excluding steroid dienone is 2. The maximum absolute atomic E-state index is 7.02. The second kappa shape index (κ2) is 18.2. The minimum absolute atomic E-state index is 0. The van der Waals surface area contributed by atoms with E-state index in [2.05, 4.69) is 257 Å². The molecule has 8 aromatic rings. The molecule has 6 aromatic carbocycles. The zero-order valence-corrected chi connectivity index (χ0v) is 44.3. The van der Waals surface area contributed by atoms with Crippen molar-refractivity contribution in [2.24, 2.45) is 10.8 Å². The fourth-order valence-electron chi connectivity index (χ4n) is 9.77. The van der Waals surface area contributed by atoms with Gasteiger partial charge in [0.25, 0.3) is 0 Å². The molecular formula is C62H65N4OPt-3. The van der Waals surface area contributed by atoms with Gasteiger partial charge in [-0.25, -0.2) is 4.98 Å². The van der Waals surface area contributed by atoms with Crippen molar-refractivity contribution in [3.63, 3.8) is 0 Å². The minimum atomic E-state index is -0.250. The summed E-state index contributed by atoms with van der Waals surface area (Å²) in [6.45, 7) is 32.1. The van der Waals surface area contributed by atoms with E-state index in [0.29, 0.717) is 17.4 Å². The van der Waals surface area contributed by atoms with E-state index in [4.69, 9.17) is 9.72 Å². The maximum Gasteiger partial charge on any atom is 0.135 e. The van der Waals surface area contributed by atoms with Gasteiger partial charge in [0.15, 0.2) is 0 Å². The Morgan fingerprint density at radius 1 is 0.559 bits per heavy atom. The van der Waals surface area contributed by atoms with Crippen molar-refractivity contribution in [2.75, 3.05) is 9.80 Å². The number of rotatable bonds is 9. The largest absolute Gasteiger partial charge is 0.509 e. The van der Waals surface area contributed by atoms with Crippen LogP contribution in [0.5, 0.6) is 11.5 Å². The van der Waals surface area contributed by atoms with E-state index in [9.17, 15) is 0 Å². The fraction of sp³-hybridized carbons (Fsp3) is 0.290. The molecule has 0 unspecified atom stereocenters. The SMILES string of the molecule is CC(C)c1ccccc1-c1cc(Oc2[c-]c3c(cc2)c2ccccc2n3-c2cc(C(C)(C)C)ccn2)[c-]c(N2[CH-]N(c3cccc(C(C)(C)c4ccccc4)c3)C(C(C)(C)C)=C2C(C)(C)C)c1.[Pt]. The van der Waals surface area contributed by atoms with Gasteiger partial charge in [-0.1, -0.05) is 180 Å². The summed E-state index contributed by atoms with van der Waals surface area (Å²) >= 11 is 0. The van der Waals surface area contributed by atoms with Gasteiger partial charge in [0.05, 0.1) is 0 Å². The van der Waals surface area contributed by atoms with Gasteiger partial charge in [-0.3, -0.25) is 0 Å². The Labute approximate surface area is 420 Å². The third kappa shape index (κ3) is 9.19. The van der Waals surface area contributed by atoms with Crippen LogP contribution in [0.3, 0.4) is 0 Å². The van der Waals surface area contributed by atoms with Gasteiger partial charge in [0, 0.05) is 77.6 Å². The molecule has 1 aliphatic rings. The fourth-order valence-corrected chi connectivity index (χ4v) is 9.77. The zero-order valence-electron chi connectivity index (χ0n) is 42.0. The van der Waals surface area contributed by atoms with E-state index in [1.165, 1.54) is 39.2 Å².